The fourth-order valence-corrected chi connectivity index (χ4v) is 3.37. The number of aliphatic hydroxyl groups is 1. The van der Waals surface area contributed by atoms with Crippen molar-refractivity contribution in [3.05, 3.63) is 35.4 Å². The molecule has 1 saturated heterocycles. The molecular weight excluding hydrogens is 361 g/mol. The molecule has 5 nitrogen and oxygen atoms in total. The Balaban J connectivity index is 2.07. The maximum absolute atomic E-state index is 12.9. The minimum atomic E-state index is -5.04. The van der Waals surface area contributed by atoms with Crippen molar-refractivity contribution in [1.82, 2.24) is 9.80 Å². The van der Waals surface area contributed by atoms with E-state index in [1.807, 2.05) is 19.1 Å². The first-order valence-electron chi connectivity index (χ1n) is 8.78. The van der Waals surface area contributed by atoms with Crippen molar-refractivity contribution in [2.45, 2.75) is 45.0 Å². The van der Waals surface area contributed by atoms with Gasteiger partial charge in [0.1, 0.15) is 0 Å². The van der Waals surface area contributed by atoms with Crippen LogP contribution in [0.3, 0.4) is 0 Å². The summed E-state index contributed by atoms with van der Waals surface area (Å²) in [6, 6.07) is 6.94. The molecular formula is C19H25F3N2O3. The second-order valence-corrected chi connectivity index (χ2v) is 7.44. The molecule has 1 aromatic rings. The lowest BCUT2D eigenvalue weighted by Crippen LogP contribution is -2.60. The monoisotopic (exact) mass is 386 g/mol. The summed E-state index contributed by atoms with van der Waals surface area (Å²) < 4.78 is 38.7. The van der Waals surface area contributed by atoms with Gasteiger partial charge >= 0.3 is 6.18 Å². The third-order valence-corrected chi connectivity index (χ3v) is 5.23. The van der Waals surface area contributed by atoms with Gasteiger partial charge in [0.05, 0.1) is 0 Å². The lowest BCUT2D eigenvalue weighted by atomic mass is 9.90. The molecule has 0 aliphatic carbocycles. The topological polar surface area (TPSA) is 60.9 Å². The van der Waals surface area contributed by atoms with Crippen LogP contribution in [0, 0.1) is 12.8 Å². The van der Waals surface area contributed by atoms with E-state index in [0.717, 1.165) is 10.5 Å². The molecule has 3 atom stereocenters. The second-order valence-electron chi connectivity index (χ2n) is 7.44. The number of amides is 2. The molecule has 0 aromatic heterocycles. The zero-order chi connectivity index (χ0) is 20.6. The molecule has 1 heterocycles. The Bertz CT molecular complexity index is 701. The molecule has 1 N–H and O–H groups in total. The molecule has 0 bridgehead atoms. The van der Waals surface area contributed by atoms with Crippen LogP contribution in [0.15, 0.2) is 24.3 Å². The summed E-state index contributed by atoms with van der Waals surface area (Å²) in [4.78, 5) is 27.4. The van der Waals surface area contributed by atoms with Crippen LogP contribution in [0.4, 0.5) is 13.2 Å². The summed E-state index contributed by atoms with van der Waals surface area (Å²) >= 11 is 0. The number of aryl methyl sites for hydroxylation is 1. The Morgan fingerprint density at radius 1 is 1.22 bits per heavy atom. The number of halogens is 3. The number of nitrogens with zero attached hydrogens (tertiary/aromatic N) is 2. The summed E-state index contributed by atoms with van der Waals surface area (Å²) in [6.45, 7) is 4.26. The number of hydrogen-bond donors (Lipinski definition) is 1. The van der Waals surface area contributed by atoms with Gasteiger partial charge in [-0.15, -0.1) is 0 Å². The molecule has 0 unspecified atom stereocenters. The van der Waals surface area contributed by atoms with Crippen LogP contribution in [0.5, 0.6) is 0 Å². The van der Waals surface area contributed by atoms with Crippen molar-refractivity contribution in [2.24, 2.45) is 5.92 Å². The van der Waals surface area contributed by atoms with E-state index in [4.69, 9.17) is 0 Å². The Morgan fingerprint density at radius 2 is 1.78 bits per heavy atom. The first kappa shape index (κ1) is 21.2. The summed E-state index contributed by atoms with van der Waals surface area (Å²) in [5, 5.41) is 9.61. The molecule has 27 heavy (non-hydrogen) atoms. The zero-order valence-corrected chi connectivity index (χ0v) is 15.9. The van der Waals surface area contributed by atoms with E-state index in [9.17, 15) is 27.9 Å². The second kappa shape index (κ2) is 7.50. The highest BCUT2D eigenvalue weighted by molar-refractivity contribution is 5.94. The van der Waals surface area contributed by atoms with Crippen LogP contribution in [0.2, 0.25) is 0 Å². The van der Waals surface area contributed by atoms with Crippen LogP contribution in [0.25, 0.3) is 0 Å². The summed E-state index contributed by atoms with van der Waals surface area (Å²) in [5.41, 5.74) is -1.84. The third kappa shape index (κ3) is 4.26. The molecule has 2 rings (SSSR count). The van der Waals surface area contributed by atoms with Crippen molar-refractivity contribution < 1.29 is 27.9 Å². The Labute approximate surface area is 156 Å². The van der Waals surface area contributed by atoms with E-state index in [1.165, 1.54) is 0 Å². The van der Waals surface area contributed by atoms with Crippen molar-refractivity contribution in [3.8, 4) is 0 Å². The van der Waals surface area contributed by atoms with Gasteiger partial charge in [-0.1, -0.05) is 24.6 Å². The van der Waals surface area contributed by atoms with E-state index in [0.29, 0.717) is 18.9 Å². The average molecular weight is 386 g/mol. The first-order chi connectivity index (χ1) is 12.4. The number of carbonyl (C=O) groups excluding carboxylic acids is 2. The van der Waals surface area contributed by atoms with Crippen LogP contribution < -0.4 is 0 Å². The number of piperidine rings is 1. The Morgan fingerprint density at radius 3 is 2.26 bits per heavy atom. The van der Waals surface area contributed by atoms with E-state index in [1.54, 1.807) is 31.0 Å². The van der Waals surface area contributed by atoms with Crippen LogP contribution in [-0.4, -0.2) is 64.7 Å². The Hall–Kier alpha value is -2.09. The van der Waals surface area contributed by atoms with Gasteiger partial charge in [-0.3, -0.25) is 9.59 Å². The largest absolute Gasteiger partial charge is 0.426 e. The van der Waals surface area contributed by atoms with Crippen molar-refractivity contribution in [1.29, 1.82) is 0 Å². The third-order valence-electron chi connectivity index (χ3n) is 5.23. The van der Waals surface area contributed by atoms with Crippen molar-refractivity contribution >= 4 is 11.8 Å². The summed E-state index contributed by atoms with van der Waals surface area (Å²) in [6.07, 6.45) is -4.70. The maximum Gasteiger partial charge on any atom is 0.426 e. The summed E-state index contributed by atoms with van der Waals surface area (Å²) in [7, 11) is 1.66. The van der Waals surface area contributed by atoms with E-state index >= 15 is 0 Å². The standard InChI is InChI=1S/C19H25F3N2O3/c1-12-5-7-14(8-6-12)16(25)23(4)15-9-10-24(11-13(15)2)17(26)18(3,27)19(20,21)22/h5-8,13,15,27H,9-11H2,1-4H3/t13-,15+,18-/m1/s1. The Kier molecular flexibility index (Phi) is 5.89. The molecule has 1 aliphatic rings. The predicted molar refractivity (Wildman–Crippen MR) is 94.1 cm³/mol. The molecule has 2 amide bonds. The highest BCUT2D eigenvalue weighted by atomic mass is 19.4. The lowest BCUT2D eigenvalue weighted by molar-refractivity contribution is -0.251. The number of rotatable bonds is 3. The van der Waals surface area contributed by atoms with Crippen LogP contribution in [0.1, 0.15) is 36.2 Å². The lowest BCUT2D eigenvalue weighted by Gasteiger charge is -2.43. The smallest absolute Gasteiger partial charge is 0.373 e. The van der Waals surface area contributed by atoms with Gasteiger partial charge in [0.15, 0.2) is 0 Å². The van der Waals surface area contributed by atoms with Crippen molar-refractivity contribution in [2.75, 3.05) is 20.1 Å². The zero-order valence-electron chi connectivity index (χ0n) is 15.9. The quantitative estimate of drug-likeness (QED) is 0.869. The van der Waals surface area contributed by atoms with Crippen LogP contribution in [-0.2, 0) is 4.79 Å². The van der Waals surface area contributed by atoms with E-state index in [2.05, 4.69) is 0 Å². The fraction of sp³-hybridized carbons (Fsp3) is 0.579. The number of alkyl halides is 3. The molecule has 150 valence electrons. The average Bonchev–Trinajstić information content (AvgIpc) is 2.59. The molecule has 0 radical (unpaired) electrons. The summed E-state index contributed by atoms with van der Waals surface area (Å²) in [5.74, 6) is -1.76. The predicted octanol–water partition coefficient (Wildman–Crippen LogP) is 2.62. The van der Waals surface area contributed by atoms with E-state index in [-0.39, 0.29) is 31.0 Å². The van der Waals surface area contributed by atoms with Gasteiger partial charge in [0, 0.05) is 31.7 Å². The number of hydrogen-bond acceptors (Lipinski definition) is 3. The highest BCUT2D eigenvalue weighted by Gasteiger charge is 2.57. The van der Waals surface area contributed by atoms with Gasteiger partial charge < -0.3 is 14.9 Å². The van der Waals surface area contributed by atoms with Gasteiger partial charge in [-0.05, 0) is 38.3 Å². The van der Waals surface area contributed by atoms with Gasteiger partial charge in [0.25, 0.3) is 11.8 Å². The van der Waals surface area contributed by atoms with Crippen LogP contribution >= 0.6 is 0 Å². The maximum atomic E-state index is 12.9. The van der Waals surface area contributed by atoms with Gasteiger partial charge in [-0.2, -0.15) is 13.2 Å². The van der Waals surface area contributed by atoms with Gasteiger partial charge in [0.2, 0.25) is 5.60 Å². The van der Waals surface area contributed by atoms with Gasteiger partial charge in [-0.25, -0.2) is 0 Å². The van der Waals surface area contributed by atoms with E-state index < -0.39 is 17.7 Å². The molecule has 1 aliphatic heterocycles. The molecule has 8 heteroatoms. The minimum absolute atomic E-state index is 0.0429. The normalized spacial score (nSPS) is 22.9. The molecule has 1 aromatic carbocycles. The number of likely N-dealkylation sites (tertiary alicyclic amines) is 1. The fourth-order valence-electron chi connectivity index (χ4n) is 3.37. The molecule has 0 saturated carbocycles. The first-order valence-corrected chi connectivity index (χ1v) is 8.78. The van der Waals surface area contributed by atoms with Crippen molar-refractivity contribution in [3.63, 3.8) is 0 Å². The molecule has 1 fully saturated rings. The number of benzene rings is 1. The SMILES string of the molecule is Cc1ccc(C(=O)N(C)[C@H]2CCN(C(=O)[C@@](C)(O)C(F)(F)F)C[C@H]2C)cc1. The number of carbonyl (C=O) groups is 2. The molecule has 0 spiro atoms. The minimum Gasteiger partial charge on any atom is -0.373 e. The highest BCUT2D eigenvalue weighted by Crippen LogP contribution is 2.33.